The van der Waals surface area contributed by atoms with Crippen LogP contribution in [0.5, 0.6) is 0 Å². The van der Waals surface area contributed by atoms with Crippen molar-refractivity contribution in [3.8, 4) is 0 Å². The van der Waals surface area contributed by atoms with Crippen LogP contribution in [0.25, 0.3) is 0 Å². The summed E-state index contributed by atoms with van der Waals surface area (Å²) in [4.78, 5) is 24.8. The molecule has 1 unspecified atom stereocenters. The Balaban J connectivity index is 1.59. The van der Waals surface area contributed by atoms with Crippen molar-refractivity contribution in [1.29, 1.82) is 0 Å². The number of carbonyl (C=O) groups excluding carboxylic acids is 1. The standard InChI is InChI=1S/C15H17N5O3S2/c1-10(13(21)16-11-5-4-6-12(9-11)20(22)23)24-15-18-17-14(25-15)19-7-2-3-8-19/h4-6,9-10H,2-3,7-8H2,1H3,(H,16,21). The van der Waals surface area contributed by atoms with Gasteiger partial charge in [-0.15, -0.1) is 10.2 Å². The van der Waals surface area contributed by atoms with Gasteiger partial charge in [0.2, 0.25) is 11.0 Å². The van der Waals surface area contributed by atoms with E-state index in [0.717, 1.165) is 22.6 Å². The van der Waals surface area contributed by atoms with Gasteiger partial charge >= 0.3 is 0 Å². The molecule has 0 aliphatic carbocycles. The highest BCUT2D eigenvalue weighted by atomic mass is 32.2. The third-order valence-corrected chi connectivity index (χ3v) is 5.91. The summed E-state index contributed by atoms with van der Waals surface area (Å²) in [5, 5.41) is 22.3. The lowest BCUT2D eigenvalue weighted by molar-refractivity contribution is -0.384. The monoisotopic (exact) mass is 379 g/mol. The maximum atomic E-state index is 12.3. The molecule has 1 aromatic carbocycles. The van der Waals surface area contributed by atoms with Gasteiger partial charge in [0.1, 0.15) is 0 Å². The van der Waals surface area contributed by atoms with Crippen LogP contribution in [0.2, 0.25) is 0 Å². The van der Waals surface area contributed by atoms with Gasteiger partial charge in [0.05, 0.1) is 10.2 Å². The first-order valence-electron chi connectivity index (χ1n) is 7.83. The van der Waals surface area contributed by atoms with Crippen molar-refractivity contribution in [3.63, 3.8) is 0 Å². The molecule has 1 saturated heterocycles. The van der Waals surface area contributed by atoms with Gasteiger partial charge in [-0.1, -0.05) is 29.2 Å². The summed E-state index contributed by atoms with van der Waals surface area (Å²) >= 11 is 2.82. The van der Waals surface area contributed by atoms with Crippen LogP contribution >= 0.6 is 23.1 Å². The lowest BCUT2D eigenvalue weighted by Crippen LogP contribution is -2.22. The number of nitrogens with one attached hydrogen (secondary N) is 1. The molecule has 132 valence electrons. The highest BCUT2D eigenvalue weighted by Gasteiger charge is 2.21. The van der Waals surface area contributed by atoms with Crippen molar-refractivity contribution in [3.05, 3.63) is 34.4 Å². The number of carbonyl (C=O) groups is 1. The Hall–Kier alpha value is -2.20. The molecule has 25 heavy (non-hydrogen) atoms. The molecule has 8 nitrogen and oxygen atoms in total. The first-order chi connectivity index (χ1) is 12.0. The van der Waals surface area contributed by atoms with Crippen molar-refractivity contribution in [2.24, 2.45) is 0 Å². The molecule has 1 N–H and O–H groups in total. The number of nitro groups is 1. The molecule has 2 aromatic rings. The number of hydrogen-bond donors (Lipinski definition) is 1. The van der Waals surface area contributed by atoms with Crippen LogP contribution in [0, 0.1) is 10.1 Å². The van der Waals surface area contributed by atoms with E-state index in [-0.39, 0.29) is 11.6 Å². The molecule has 1 aromatic heterocycles. The molecular weight excluding hydrogens is 362 g/mol. The van der Waals surface area contributed by atoms with E-state index in [4.69, 9.17) is 0 Å². The topological polar surface area (TPSA) is 101 Å². The summed E-state index contributed by atoms with van der Waals surface area (Å²) in [7, 11) is 0. The van der Waals surface area contributed by atoms with E-state index in [0.29, 0.717) is 5.69 Å². The van der Waals surface area contributed by atoms with Crippen molar-refractivity contribution >= 4 is 45.5 Å². The number of hydrogen-bond acceptors (Lipinski definition) is 8. The quantitative estimate of drug-likeness (QED) is 0.467. The van der Waals surface area contributed by atoms with Crippen LogP contribution in [0.1, 0.15) is 19.8 Å². The van der Waals surface area contributed by atoms with Gasteiger partial charge in [-0.3, -0.25) is 14.9 Å². The summed E-state index contributed by atoms with van der Waals surface area (Å²) in [6.07, 6.45) is 2.34. The minimum absolute atomic E-state index is 0.0579. The predicted molar refractivity (Wildman–Crippen MR) is 98.4 cm³/mol. The van der Waals surface area contributed by atoms with Crippen LogP contribution in [0.3, 0.4) is 0 Å². The predicted octanol–water partition coefficient (Wildman–Crippen LogP) is 3.17. The SMILES string of the molecule is CC(Sc1nnc(N2CCCC2)s1)C(=O)Nc1cccc([N+](=O)[O-])c1. The number of rotatable bonds is 6. The molecular formula is C15H17N5O3S2. The zero-order chi connectivity index (χ0) is 17.8. The van der Waals surface area contributed by atoms with Crippen molar-refractivity contribution < 1.29 is 9.72 Å². The second-order valence-electron chi connectivity index (χ2n) is 5.60. The lowest BCUT2D eigenvalue weighted by Gasteiger charge is -2.11. The highest BCUT2D eigenvalue weighted by molar-refractivity contribution is 8.02. The molecule has 1 amide bonds. The van der Waals surface area contributed by atoms with E-state index in [2.05, 4.69) is 20.4 Å². The molecule has 2 heterocycles. The maximum absolute atomic E-state index is 12.3. The normalized spacial score (nSPS) is 15.2. The lowest BCUT2D eigenvalue weighted by atomic mass is 10.2. The molecule has 0 spiro atoms. The Bertz CT molecular complexity index is 776. The number of nitro benzene ring substituents is 1. The van der Waals surface area contributed by atoms with Gasteiger partial charge in [-0.2, -0.15) is 0 Å². The summed E-state index contributed by atoms with van der Waals surface area (Å²) < 4.78 is 0.739. The van der Waals surface area contributed by atoms with Crippen molar-refractivity contribution in [2.75, 3.05) is 23.3 Å². The molecule has 0 radical (unpaired) electrons. The number of thioether (sulfide) groups is 1. The average Bonchev–Trinajstić information content (AvgIpc) is 3.26. The number of benzene rings is 1. The van der Waals surface area contributed by atoms with Gasteiger partial charge in [-0.25, -0.2) is 0 Å². The second-order valence-corrected chi connectivity index (χ2v) is 8.15. The van der Waals surface area contributed by atoms with Gasteiger partial charge in [0.25, 0.3) is 5.69 Å². The fraction of sp³-hybridized carbons (Fsp3) is 0.400. The minimum atomic E-state index is -0.491. The molecule has 10 heteroatoms. The Morgan fingerprint density at radius 1 is 1.40 bits per heavy atom. The van der Waals surface area contributed by atoms with E-state index >= 15 is 0 Å². The first kappa shape index (κ1) is 17.6. The molecule has 3 rings (SSSR count). The number of anilines is 2. The highest BCUT2D eigenvalue weighted by Crippen LogP contribution is 2.32. The maximum Gasteiger partial charge on any atom is 0.271 e. The fourth-order valence-electron chi connectivity index (χ4n) is 2.43. The summed E-state index contributed by atoms with van der Waals surface area (Å²) in [6.45, 7) is 3.78. The van der Waals surface area contributed by atoms with Gasteiger partial charge < -0.3 is 10.2 Å². The van der Waals surface area contributed by atoms with Crippen LogP contribution in [0.4, 0.5) is 16.5 Å². The van der Waals surface area contributed by atoms with Crippen LogP contribution in [0.15, 0.2) is 28.6 Å². The van der Waals surface area contributed by atoms with Crippen molar-refractivity contribution in [1.82, 2.24) is 10.2 Å². The van der Waals surface area contributed by atoms with E-state index in [1.54, 1.807) is 19.1 Å². The summed E-state index contributed by atoms with van der Waals surface area (Å²) in [5.41, 5.74) is 0.346. The van der Waals surface area contributed by atoms with E-state index in [9.17, 15) is 14.9 Å². The Morgan fingerprint density at radius 2 is 2.16 bits per heavy atom. The van der Waals surface area contributed by atoms with Gasteiger partial charge in [0, 0.05) is 30.9 Å². The zero-order valence-corrected chi connectivity index (χ0v) is 15.2. The smallest absolute Gasteiger partial charge is 0.271 e. The third-order valence-electron chi connectivity index (χ3n) is 3.74. The molecule has 1 aliphatic heterocycles. The van der Waals surface area contributed by atoms with E-state index < -0.39 is 10.2 Å². The van der Waals surface area contributed by atoms with E-state index in [1.807, 2.05) is 0 Å². The number of nitrogens with zero attached hydrogens (tertiary/aromatic N) is 4. The number of amides is 1. The Morgan fingerprint density at radius 3 is 2.88 bits per heavy atom. The van der Waals surface area contributed by atoms with Gasteiger partial charge in [-0.05, 0) is 25.8 Å². The van der Waals surface area contributed by atoms with Crippen LogP contribution in [-0.4, -0.2) is 39.4 Å². The summed E-state index contributed by atoms with van der Waals surface area (Å²) in [5.74, 6) is -0.233. The molecule has 1 aliphatic rings. The Kier molecular flexibility index (Phi) is 5.49. The number of non-ortho nitro benzene ring substituents is 1. The average molecular weight is 379 g/mol. The zero-order valence-electron chi connectivity index (χ0n) is 13.5. The largest absolute Gasteiger partial charge is 0.347 e. The summed E-state index contributed by atoms with van der Waals surface area (Å²) in [6, 6.07) is 5.89. The molecule has 0 saturated carbocycles. The molecule has 0 bridgehead atoms. The first-order valence-corrected chi connectivity index (χ1v) is 9.53. The van der Waals surface area contributed by atoms with Crippen LogP contribution < -0.4 is 10.2 Å². The van der Waals surface area contributed by atoms with Crippen molar-refractivity contribution in [2.45, 2.75) is 29.4 Å². The van der Waals surface area contributed by atoms with E-state index in [1.165, 1.54) is 48.1 Å². The third kappa shape index (κ3) is 4.45. The van der Waals surface area contributed by atoms with Gasteiger partial charge in [0.15, 0.2) is 4.34 Å². The van der Waals surface area contributed by atoms with Crippen LogP contribution in [-0.2, 0) is 4.79 Å². The fourth-order valence-corrected chi connectivity index (χ4v) is 4.47. The minimum Gasteiger partial charge on any atom is -0.347 e. The second kappa shape index (κ2) is 7.79. The molecule has 1 fully saturated rings. The number of aromatic nitrogens is 2. The molecule has 1 atom stereocenters. The Labute approximate surface area is 152 Å².